The van der Waals surface area contributed by atoms with Crippen LogP contribution in [0.1, 0.15) is 36.3 Å². The lowest BCUT2D eigenvalue weighted by Gasteiger charge is -2.35. The third kappa shape index (κ3) is 1.96. The van der Waals surface area contributed by atoms with Gasteiger partial charge in [0.1, 0.15) is 0 Å². The highest BCUT2D eigenvalue weighted by Gasteiger charge is 2.46. The van der Waals surface area contributed by atoms with Crippen molar-refractivity contribution in [2.45, 2.75) is 30.6 Å². The van der Waals surface area contributed by atoms with Gasteiger partial charge < -0.3 is 10.2 Å². The van der Waals surface area contributed by atoms with E-state index in [1.54, 1.807) is 4.90 Å². The minimum absolute atomic E-state index is 0.0595. The van der Waals surface area contributed by atoms with E-state index in [9.17, 15) is 4.79 Å². The quantitative estimate of drug-likeness (QED) is 0.834. The number of nitrogens with zero attached hydrogens (tertiary/aromatic N) is 1. The summed E-state index contributed by atoms with van der Waals surface area (Å²) in [5.41, 5.74) is 2.93. The Bertz CT molecular complexity index is 489. The zero-order chi connectivity index (χ0) is 13.5. The number of hydrogen-bond donors (Lipinski definition) is 1. The third-order valence-electron chi connectivity index (χ3n) is 4.80. The molecule has 1 fully saturated rings. The van der Waals surface area contributed by atoms with E-state index in [0.29, 0.717) is 0 Å². The summed E-state index contributed by atoms with van der Waals surface area (Å²) in [6.45, 7) is 2.13. The van der Waals surface area contributed by atoms with Gasteiger partial charge in [0.25, 0.3) is 0 Å². The van der Waals surface area contributed by atoms with E-state index in [1.807, 2.05) is 14.1 Å². The van der Waals surface area contributed by atoms with Gasteiger partial charge in [0.15, 0.2) is 0 Å². The molecule has 1 aromatic carbocycles. The van der Waals surface area contributed by atoms with Crippen LogP contribution >= 0.6 is 0 Å². The van der Waals surface area contributed by atoms with E-state index in [4.69, 9.17) is 0 Å². The summed E-state index contributed by atoms with van der Waals surface area (Å²) in [5, 5.41) is 3.44. The van der Waals surface area contributed by atoms with Gasteiger partial charge in [-0.2, -0.15) is 0 Å². The van der Waals surface area contributed by atoms with E-state index in [2.05, 4.69) is 29.6 Å². The van der Waals surface area contributed by atoms with Crippen LogP contribution < -0.4 is 5.32 Å². The van der Waals surface area contributed by atoms with Crippen LogP contribution in [-0.2, 0) is 10.2 Å². The van der Waals surface area contributed by atoms with Crippen molar-refractivity contribution in [1.82, 2.24) is 10.2 Å². The molecule has 1 aliphatic carbocycles. The number of carbonyl (C=O) groups is 1. The molecule has 0 radical (unpaired) electrons. The van der Waals surface area contributed by atoms with Crippen LogP contribution in [0.5, 0.6) is 0 Å². The van der Waals surface area contributed by atoms with Crippen molar-refractivity contribution in [3.05, 3.63) is 35.4 Å². The first kappa shape index (κ1) is 12.7. The Morgan fingerprint density at radius 1 is 1.26 bits per heavy atom. The summed E-state index contributed by atoms with van der Waals surface area (Å²) >= 11 is 0. The lowest BCUT2D eigenvalue weighted by molar-refractivity contribution is -0.130. The van der Waals surface area contributed by atoms with Gasteiger partial charge in [-0.05, 0) is 48.9 Å². The largest absolute Gasteiger partial charge is 0.348 e. The normalized spacial score (nSPS) is 24.2. The van der Waals surface area contributed by atoms with Crippen LogP contribution in [0.15, 0.2) is 24.3 Å². The van der Waals surface area contributed by atoms with Gasteiger partial charge in [-0.25, -0.2) is 0 Å². The van der Waals surface area contributed by atoms with Crippen molar-refractivity contribution in [3.63, 3.8) is 0 Å². The first-order valence-electron chi connectivity index (χ1n) is 7.15. The molecule has 3 rings (SSSR count). The molecule has 1 saturated heterocycles. The maximum Gasteiger partial charge on any atom is 0.229 e. The van der Waals surface area contributed by atoms with Gasteiger partial charge in [-0.15, -0.1) is 0 Å². The summed E-state index contributed by atoms with van der Waals surface area (Å²) < 4.78 is 0. The molecular weight excluding hydrogens is 236 g/mol. The van der Waals surface area contributed by atoms with Crippen LogP contribution in [0, 0.1) is 0 Å². The van der Waals surface area contributed by atoms with E-state index in [-0.39, 0.29) is 17.2 Å². The van der Waals surface area contributed by atoms with Crippen LogP contribution in [-0.4, -0.2) is 38.0 Å². The highest BCUT2D eigenvalue weighted by Crippen LogP contribution is 2.51. The Balaban J connectivity index is 2.02. The first-order valence-corrected chi connectivity index (χ1v) is 7.15. The first-order chi connectivity index (χ1) is 9.14. The second-order valence-corrected chi connectivity index (χ2v) is 6.11. The molecular formula is C16H22N2O. The Hall–Kier alpha value is -1.35. The summed E-state index contributed by atoms with van der Waals surface area (Å²) in [4.78, 5) is 14.2. The maximum atomic E-state index is 12.4. The summed E-state index contributed by atoms with van der Waals surface area (Å²) in [6, 6.07) is 8.57. The van der Waals surface area contributed by atoms with Crippen LogP contribution in [0.3, 0.4) is 0 Å². The predicted octanol–water partition coefficient (Wildman–Crippen LogP) is 1.88. The Morgan fingerprint density at radius 3 is 2.63 bits per heavy atom. The Labute approximate surface area is 115 Å². The number of nitrogens with one attached hydrogen (secondary N) is 1. The van der Waals surface area contributed by atoms with Crippen molar-refractivity contribution < 1.29 is 4.79 Å². The lowest BCUT2D eigenvalue weighted by Crippen LogP contribution is -2.39. The zero-order valence-electron chi connectivity index (χ0n) is 11.8. The van der Waals surface area contributed by atoms with Crippen molar-refractivity contribution in [3.8, 4) is 0 Å². The molecule has 1 aliphatic heterocycles. The van der Waals surface area contributed by atoms with E-state index >= 15 is 0 Å². The minimum atomic E-state index is 0.0595. The Morgan fingerprint density at radius 2 is 1.95 bits per heavy atom. The van der Waals surface area contributed by atoms with Crippen LogP contribution in [0.25, 0.3) is 0 Å². The molecule has 19 heavy (non-hydrogen) atoms. The number of fused-ring (bicyclic) bond motifs is 2. The second-order valence-electron chi connectivity index (χ2n) is 6.11. The monoisotopic (exact) mass is 258 g/mol. The summed E-state index contributed by atoms with van der Waals surface area (Å²) in [5.74, 6) is 0.312. The fourth-order valence-electron chi connectivity index (χ4n) is 3.81. The molecule has 3 nitrogen and oxygen atoms in total. The molecule has 1 N–H and O–H groups in total. The van der Waals surface area contributed by atoms with Crippen molar-refractivity contribution in [2.24, 2.45) is 0 Å². The van der Waals surface area contributed by atoms with E-state index < -0.39 is 0 Å². The molecule has 0 aromatic heterocycles. The third-order valence-corrected chi connectivity index (χ3v) is 4.80. The minimum Gasteiger partial charge on any atom is -0.348 e. The molecule has 1 aromatic rings. The standard InChI is InChI=1S/C16H22N2O/c1-18(2)15(19)13-11-16(7-9-17-10-8-16)14-6-4-3-5-12(13)14/h3-6,13,17H,7-11H2,1-2H3. The van der Waals surface area contributed by atoms with Crippen LogP contribution in [0.2, 0.25) is 0 Å². The highest BCUT2D eigenvalue weighted by molar-refractivity contribution is 5.85. The smallest absolute Gasteiger partial charge is 0.229 e. The molecule has 1 atom stereocenters. The Kier molecular flexibility index (Phi) is 3.09. The highest BCUT2D eigenvalue weighted by atomic mass is 16.2. The molecule has 1 amide bonds. The average Bonchev–Trinajstić information content (AvgIpc) is 2.74. The maximum absolute atomic E-state index is 12.4. The number of rotatable bonds is 1. The number of amides is 1. The molecule has 3 heteroatoms. The van der Waals surface area contributed by atoms with Gasteiger partial charge in [-0.3, -0.25) is 4.79 Å². The number of carbonyl (C=O) groups excluding carboxylic acids is 1. The van der Waals surface area contributed by atoms with Crippen LogP contribution in [0.4, 0.5) is 0 Å². The zero-order valence-corrected chi connectivity index (χ0v) is 11.8. The van der Waals surface area contributed by atoms with E-state index in [1.165, 1.54) is 11.1 Å². The van der Waals surface area contributed by atoms with E-state index in [0.717, 1.165) is 32.4 Å². The van der Waals surface area contributed by atoms with Crippen molar-refractivity contribution >= 4 is 5.91 Å². The lowest BCUT2D eigenvalue weighted by atomic mass is 9.74. The summed E-state index contributed by atoms with van der Waals surface area (Å²) in [6.07, 6.45) is 3.30. The van der Waals surface area contributed by atoms with Crippen molar-refractivity contribution in [2.75, 3.05) is 27.2 Å². The number of piperidine rings is 1. The fraction of sp³-hybridized carbons (Fsp3) is 0.562. The molecule has 2 aliphatic rings. The summed E-state index contributed by atoms with van der Waals surface area (Å²) in [7, 11) is 3.72. The number of benzene rings is 1. The van der Waals surface area contributed by atoms with Gasteiger partial charge in [0, 0.05) is 14.1 Å². The molecule has 0 bridgehead atoms. The fourth-order valence-corrected chi connectivity index (χ4v) is 3.81. The number of likely N-dealkylation sites (N-methyl/N-ethyl adjacent to an activating group) is 1. The topological polar surface area (TPSA) is 32.3 Å². The molecule has 1 heterocycles. The second kappa shape index (κ2) is 4.64. The molecule has 0 saturated carbocycles. The molecule has 102 valence electrons. The average molecular weight is 258 g/mol. The van der Waals surface area contributed by atoms with Crippen molar-refractivity contribution in [1.29, 1.82) is 0 Å². The van der Waals surface area contributed by atoms with Gasteiger partial charge in [-0.1, -0.05) is 24.3 Å². The molecule has 1 unspecified atom stereocenters. The number of hydrogen-bond acceptors (Lipinski definition) is 2. The molecule has 1 spiro atoms. The predicted molar refractivity (Wildman–Crippen MR) is 76.3 cm³/mol. The van der Waals surface area contributed by atoms with Gasteiger partial charge >= 0.3 is 0 Å². The van der Waals surface area contributed by atoms with Gasteiger partial charge in [0.05, 0.1) is 5.92 Å². The van der Waals surface area contributed by atoms with Gasteiger partial charge in [0.2, 0.25) is 5.91 Å². The SMILES string of the molecule is CN(C)C(=O)C1CC2(CCNCC2)c2ccccc21.